The van der Waals surface area contributed by atoms with Gasteiger partial charge in [0.1, 0.15) is 6.61 Å². The molecule has 0 unspecified atom stereocenters. The van der Waals surface area contributed by atoms with Crippen LogP contribution in [-0.2, 0) is 19.7 Å². The molecule has 7 heteroatoms. The second-order valence-corrected chi connectivity index (χ2v) is 8.32. The van der Waals surface area contributed by atoms with Gasteiger partial charge in [0, 0.05) is 22.6 Å². The first-order chi connectivity index (χ1) is 15.1. The van der Waals surface area contributed by atoms with E-state index in [-0.39, 0.29) is 6.79 Å². The maximum absolute atomic E-state index is 6.07. The second-order valence-electron chi connectivity index (χ2n) is 7.03. The molecule has 5 nitrogen and oxygen atoms in total. The van der Waals surface area contributed by atoms with Gasteiger partial charge < -0.3 is 24.3 Å². The highest BCUT2D eigenvalue weighted by Gasteiger charge is 2.14. The van der Waals surface area contributed by atoms with Crippen molar-refractivity contribution in [2.75, 3.05) is 13.4 Å². The Labute approximate surface area is 195 Å². The van der Waals surface area contributed by atoms with Gasteiger partial charge in [0.05, 0.1) is 6.61 Å². The average Bonchev–Trinajstić information content (AvgIpc) is 3.23. The minimum absolute atomic E-state index is 0.283. The summed E-state index contributed by atoms with van der Waals surface area (Å²) in [7, 11) is 0. The summed E-state index contributed by atoms with van der Waals surface area (Å²) < 4.78 is 23.6. The number of nitrogens with one attached hydrogen (secondary N) is 1. The summed E-state index contributed by atoms with van der Waals surface area (Å²) in [4.78, 5) is 0. The Morgan fingerprint density at radius 2 is 1.77 bits per heavy atom. The first kappa shape index (κ1) is 21.8. The van der Waals surface area contributed by atoms with E-state index < -0.39 is 0 Å². The third-order valence-corrected chi connectivity index (χ3v) is 5.75. The molecule has 3 aromatic rings. The Morgan fingerprint density at radius 1 is 0.935 bits per heavy atom. The Morgan fingerprint density at radius 3 is 2.61 bits per heavy atom. The van der Waals surface area contributed by atoms with Crippen molar-refractivity contribution >= 4 is 27.5 Å². The number of rotatable bonds is 9. The molecular formula is C24H23BrClNO4. The summed E-state index contributed by atoms with van der Waals surface area (Å²) in [5, 5.41) is 4.16. The summed E-state index contributed by atoms with van der Waals surface area (Å²) in [5.74, 6) is 2.99. The van der Waals surface area contributed by atoms with Gasteiger partial charge in [0.25, 0.3) is 0 Å². The number of ether oxygens (including phenoxy) is 4. The van der Waals surface area contributed by atoms with E-state index in [1.54, 1.807) is 0 Å². The summed E-state index contributed by atoms with van der Waals surface area (Å²) in [6.07, 6.45) is 0. The SMILES string of the molecule is CCOc1cc(CNCc2ccc3c(c2)OCO3)c(Br)cc1OCc1cccc(Cl)c1. The van der Waals surface area contributed by atoms with Crippen molar-refractivity contribution in [3.63, 3.8) is 0 Å². The lowest BCUT2D eigenvalue weighted by molar-refractivity contribution is 0.174. The molecule has 1 aliphatic rings. The van der Waals surface area contributed by atoms with E-state index in [1.165, 1.54) is 0 Å². The number of hydrogen-bond donors (Lipinski definition) is 1. The first-order valence-electron chi connectivity index (χ1n) is 10.0. The smallest absolute Gasteiger partial charge is 0.231 e. The lowest BCUT2D eigenvalue weighted by Crippen LogP contribution is -2.13. The third kappa shape index (κ3) is 5.64. The molecule has 0 radical (unpaired) electrons. The van der Waals surface area contributed by atoms with Gasteiger partial charge >= 0.3 is 0 Å². The zero-order chi connectivity index (χ0) is 21.6. The molecule has 4 rings (SSSR count). The van der Waals surface area contributed by atoms with Gasteiger partial charge in [-0.1, -0.05) is 45.7 Å². The number of fused-ring (bicyclic) bond motifs is 1. The van der Waals surface area contributed by atoms with Crippen LogP contribution in [0.5, 0.6) is 23.0 Å². The van der Waals surface area contributed by atoms with Crippen molar-refractivity contribution in [2.45, 2.75) is 26.6 Å². The predicted octanol–water partition coefficient (Wildman–Crippen LogP) is 6.10. The Bertz CT molecular complexity index is 1060. The van der Waals surface area contributed by atoms with Crippen molar-refractivity contribution in [1.29, 1.82) is 0 Å². The van der Waals surface area contributed by atoms with Gasteiger partial charge in [0.2, 0.25) is 6.79 Å². The minimum Gasteiger partial charge on any atom is -0.490 e. The van der Waals surface area contributed by atoms with Crippen LogP contribution >= 0.6 is 27.5 Å². The van der Waals surface area contributed by atoms with E-state index >= 15 is 0 Å². The second kappa shape index (κ2) is 10.3. The topological polar surface area (TPSA) is 49.0 Å². The standard InChI is InChI=1S/C24H23BrClNO4/c1-2-28-23-10-18(13-27-12-16-6-7-21-22(9-16)31-15-30-21)20(25)11-24(23)29-14-17-4-3-5-19(26)8-17/h3-11,27H,2,12-15H2,1H3. The van der Waals surface area contributed by atoms with E-state index in [1.807, 2.05) is 61.5 Å². The van der Waals surface area contributed by atoms with Crippen LogP contribution < -0.4 is 24.3 Å². The fourth-order valence-electron chi connectivity index (χ4n) is 3.27. The maximum Gasteiger partial charge on any atom is 0.231 e. The van der Waals surface area contributed by atoms with Gasteiger partial charge in [-0.05, 0) is 60.0 Å². The largest absolute Gasteiger partial charge is 0.490 e. The lowest BCUT2D eigenvalue weighted by atomic mass is 10.1. The third-order valence-electron chi connectivity index (χ3n) is 4.78. The van der Waals surface area contributed by atoms with E-state index in [0.29, 0.717) is 42.8 Å². The van der Waals surface area contributed by atoms with Crippen molar-refractivity contribution in [3.8, 4) is 23.0 Å². The molecular weight excluding hydrogens is 482 g/mol. The monoisotopic (exact) mass is 503 g/mol. The molecule has 0 spiro atoms. The fourth-order valence-corrected chi connectivity index (χ4v) is 3.95. The number of hydrogen-bond acceptors (Lipinski definition) is 5. The quantitative estimate of drug-likeness (QED) is 0.382. The molecule has 0 aromatic heterocycles. The van der Waals surface area contributed by atoms with Crippen molar-refractivity contribution in [2.24, 2.45) is 0 Å². The molecule has 0 amide bonds. The summed E-state index contributed by atoms with van der Waals surface area (Å²) in [5.41, 5.74) is 3.21. The fraction of sp³-hybridized carbons (Fsp3) is 0.250. The molecule has 162 valence electrons. The first-order valence-corrected chi connectivity index (χ1v) is 11.2. The zero-order valence-corrected chi connectivity index (χ0v) is 19.5. The molecule has 31 heavy (non-hydrogen) atoms. The van der Waals surface area contributed by atoms with Crippen LogP contribution in [0.3, 0.4) is 0 Å². The maximum atomic E-state index is 6.07. The van der Waals surface area contributed by atoms with Gasteiger partial charge in [-0.25, -0.2) is 0 Å². The Kier molecular flexibility index (Phi) is 7.22. The van der Waals surface area contributed by atoms with Crippen LogP contribution in [0.15, 0.2) is 59.1 Å². The van der Waals surface area contributed by atoms with Gasteiger partial charge in [-0.2, -0.15) is 0 Å². The van der Waals surface area contributed by atoms with E-state index in [0.717, 1.165) is 32.7 Å². The van der Waals surface area contributed by atoms with Crippen molar-refractivity contribution in [1.82, 2.24) is 5.32 Å². The Hall–Kier alpha value is -2.41. The van der Waals surface area contributed by atoms with E-state index in [4.69, 9.17) is 30.5 Å². The highest BCUT2D eigenvalue weighted by Crippen LogP contribution is 2.35. The highest BCUT2D eigenvalue weighted by molar-refractivity contribution is 9.10. The summed E-state index contributed by atoms with van der Waals surface area (Å²) in [6.45, 7) is 4.59. The normalized spacial score (nSPS) is 12.1. The molecule has 0 atom stereocenters. The molecule has 0 saturated heterocycles. The van der Waals surface area contributed by atoms with Gasteiger partial charge in [-0.15, -0.1) is 0 Å². The predicted molar refractivity (Wildman–Crippen MR) is 124 cm³/mol. The van der Waals surface area contributed by atoms with Crippen molar-refractivity contribution < 1.29 is 18.9 Å². The van der Waals surface area contributed by atoms with Crippen LogP contribution in [-0.4, -0.2) is 13.4 Å². The zero-order valence-electron chi connectivity index (χ0n) is 17.1. The Balaban J connectivity index is 1.41. The van der Waals surface area contributed by atoms with Crippen LogP contribution in [0.4, 0.5) is 0 Å². The molecule has 0 bridgehead atoms. The highest BCUT2D eigenvalue weighted by atomic mass is 79.9. The van der Waals surface area contributed by atoms with Crippen LogP contribution in [0.25, 0.3) is 0 Å². The summed E-state index contributed by atoms with van der Waals surface area (Å²) >= 11 is 9.73. The molecule has 1 N–H and O–H groups in total. The lowest BCUT2D eigenvalue weighted by Gasteiger charge is -2.16. The van der Waals surface area contributed by atoms with Gasteiger partial charge in [0.15, 0.2) is 23.0 Å². The molecule has 1 aliphatic heterocycles. The molecule has 0 fully saturated rings. The molecule has 0 saturated carbocycles. The van der Waals surface area contributed by atoms with E-state index in [9.17, 15) is 0 Å². The van der Waals surface area contributed by atoms with Crippen LogP contribution in [0, 0.1) is 0 Å². The van der Waals surface area contributed by atoms with E-state index in [2.05, 4.69) is 21.2 Å². The summed E-state index contributed by atoms with van der Waals surface area (Å²) in [6, 6.07) is 17.6. The molecule has 3 aromatic carbocycles. The van der Waals surface area contributed by atoms with Crippen LogP contribution in [0.1, 0.15) is 23.6 Å². The average molecular weight is 505 g/mol. The molecule has 0 aliphatic carbocycles. The number of halogens is 2. The minimum atomic E-state index is 0.283. The van der Waals surface area contributed by atoms with Crippen LogP contribution in [0.2, 0.25) is 5.02 Å². The van der Waals surface area contributed by atoms with Crippen molar-refractivity contribution in [3.05, 3.63) is 80.8 Å². The number of benzene rings is 3. The van der Waals surface area contributed by atoms with Gasteiger partial charge in [-0.3, -0.25) is 0 Å². The molecule has 1 heterocycles.